The largest absolute Gasteiger partial charge is 0.481 e. The predicted molar refractivity (Wildman–Crippen MR) is 53.2 cm³/mol. The third-order valence-corrected chi connectivity index (χ3v) is 2.05. The normalized spacial score (nSPS) is 14.5. The fraction of sp³-hybridized carbons (Fsp3) is 0.364. The van der Waals surface area contributed by atoms with Crippen LogP contribution in [0.2, 0.25) is 0 Å². The smallest absolute Gasteiger partial charge is 0.305 e. The van der Waals surface area contributed by atoms with Crippen molar-refractivity contribution in [1.82, 2.24) is 0 Å². The zero-order valence-electron chi connectivity index (χ0n) is 8.14. The Morgan fingerprint density at radius 1 is 1.33 bits per heavy atom. The first-order valence-electron chi connectivity index (χ1n) is 4.68. The summed E-state index contributed by atoms with van der Waals surface area (Å²) in [6.07, 6.45) is -3.07. The van der Waals surface area contributed by atoms with Crippen LogP contribution in [0.3, 0.4) is 0 Å². The maximum Gasteiger partial charge on any atom is 0.305 e. The quantitative estimate of drug-likeness (QED) is 0.784. The molecule has 15 heavy (non-hydrogen) atoms. The summed E-state index contributed by atoms with van der Waals surface area (Å²) in [6, 6.07) is 8.39. The van der Waals surface area contributed by atoms with Crippen molar-refractivity contribution in [3.05, 3.63) is 35.9 Å². The number of carboxylic acid groups (broad SMARTS) is 1. The van der Waals surface area contributed by atoms with Crippen LogP contribution >= 0.6 is 0 Å². The van der Waals surface area contributed by atoms with Gasteiger partial charge in [0.1, 0.15) is 6.17 Å². The van der Waals surface area contributed by atoms with E-state index < -0.39 is 24.7 Å². The van der Waals surface area contributed by atoms with Crippen LogP contribution in [-0.4, -0.2) is 22.3 Å². The molecule has 0 radical (unpaired) electrons. The average Bonchev–Trinajstić information content (AvgIpc) is 2.17. The van der Waals surface area contributed by atoms with E-state index in [0.29, 0.717) is 5.56 Å². The molecule has 1 aromatic rings. The van der Waals surface area contributed by atoms with Gasteiger partial charge in [-0.05, 0) is 5.56 Å². The van der Waals surface area contributed by atoms with Gasteiger partial charge in [-0.3, -0.25) is 4.79 Å². The van der Waals surface area contributed by atoms with Crippen molar-refractivity contribution < 1.29 is 19.4 Å². The summed E-state index contributed by atoms with van der Waals surface area (Å²) in [4.78, 5) is 10.2. The molecule has 0 aromatic heterocycles. The van der Waals surface area contributed by atoms with Crippen molar-refractivity contribution in [1.29, 1.82) is 0 Å². The summed E-state index contributed by atoms with van der Waals surface area (Å²) in [7, 11) is 0. The second kappa shape index (κ2) is 5.46. The van der Waals surface area contributed by atoms with Crippen LogP contribution in [0.4, 0.5) is 4.39 Å². The van der Waals surface area contributed by atoms with Gasteiger partial charge in [-0.15, -0.1) is 0 Å². The minimum absolute atomic E-state index is 0.184. The first-order chi connectivity index (χ1) is 7.09. The van der Waals surface area contributed by atoms with Crippen molar-refractivity contribution in [2.75, 3.05) is 0 Å². The maximum absolute atomic E-state index is 13.5. The summed E-state index contributed by atoms with van der Waals surface area (Å²) >= 11 is 0. The standard InChI is InChI=1S/C11H13FO3/c12-10(6-9(13)7-11(14)15)8-4-2-1-3-5-8/h1-5,9-10,13H,6-7H2,(H,14,15). The SMILES string of the molecule is O=C(O)CC(O)CC(F)c1ccccc1. The van der Waals surface area contributed by atoms with E-state index in [0.717, 1.165) is 0 Å². The number of aliphatic hydroxyl groups excluding tert-OH is 1. The Labute approximate surface area is 87.2 Å². The van der Waals surface area contributed by atoms with E-state index in [4.69, 9.17) is 5.11 Å². The van der Waals surface area contributed by atoms with Crippen molar-refractivity contribution in [2.24, 2.45) is 0 Å². The van der Waals surface area contributed by atoms with E-state index in [9.17, 15) is 14.3 Å². The van der Waals surface area contributed by atoms with Crippen LogP contribution in [0.5, 0.6) is 0 Å². The Morgan fingerprint density at radius 2 is 1.93 bits per heavy atom. The van der Waals surface area contributed by atoms with Crippen LogP contribution in [0.15, 0.2) is 30.3 Å². The second-order valence-corrected chi connectivity index (χ2v) is 3.37. The van der Waals surface area contributed by atoms with Gasteiger partial charge in [0.25, 0.3) is 0 Å². The molecule has 0 fully saturated rings. The molecule has 2 N–H and O–H groups in total. The van der Waals surface area contributed by atoms with E-state index in [2.05, 4.69) is 0 Å². The zero-order chi connectivity index (χ0) is 11.3. The average molecular weight is 212 g/mol. The number of aliphatic hydroxyl groups is 1. The number of benzene rings is 1. The Balaban J connectivity index is 2.49. The number of hydrogen-bond acceptors (Lipinski definition) is 2. The first-order valence-corrected chi connectivity index (χ1v) is 4.68. The minimum atomic E-state index is -1.32. The van der Waals surface area contributed by atoms with Crippen LogP contribution < -0.4 is 0 Å². The summed E-state index contributed by atoms with van der Waals surface area (Å²) < 4.78 is 13.5. The molecule has 0 amide bonds. The van der Waals surface area contributed by atoms with E-state index in [1.807, 2.05) is 0 Å². The predicted octanol–water partition coefficient (Wildman–Crippen LogP) is 1.92. The second-order valence-electron chi connectivity index (χ2n) is 3.37. The van der Waals surface area contributed by atoms with E-state index in [1.54, 1.807) is 30.3 Å². The van der Waals surface area contributed by atoms with Gasteiger partial charge in [-0.25, -0.2) is 4.39 Å². The molecule has 0 aliphatic heterocycles. The third-order valence-electron chi connectivity index (χ3n) is 2.05. The fourth-order valence-electron chi connectivity index (χ4n) is 1.32. The lowest BCUT2D eigenvalue weighted by Gasteiger charge is -2.12. The molecular formula is C11H13FO3. The molecule has 0 spiro atoms. The lowest BCUT2D eigenvalue weighted by Crippen LogP contribution is -2.15. The number of rotatable bonds is 5. The topological polar surface area (TPSA) is 57.5 Å². The highest BCUT2D eigenvalue weighted by Crippen LogP contribution is 2.23. The molecule has 2 unspecified atom stereocenters. The van der Waals surface area contributed by atoms with Gasteiger partial charge in [0, 0.05) is 6.42 Å². The van der Waals surface area contributed by atoms with E-state index >= 15 is 0 Å². The summed E-state index contributed by atoms with van der Waals surface area (Å²) in [5, 5.41) is 17.6. The van der Waals surface area contributed by atoms with Gasteiger partial charge in [0.2, 0.25) is 0 Å². The molecule has 2 atom stereocenters. The highest BCUT2D eigenvalue weighted by Gasteiger charge is 2.17. The highest BCUT2D eigenvalue weighted by atomic mass is 19.1. The van der Waals surface area contributed by atoms with Gasteiger partial charge in [0.15, 0.2) is 0 Å². The molecule has 0 saturated heterocycles. The molecule has 1 aromatic carbocycles. The highest BCUT2D eigenvalue weighted by molar-refractivity contribution is 5.67. The van der Waals surface area contributed by atoms with Crippen LogP contribution in [0.25, 0.3) is 0 Å². The van der Waals surface area contributed by atoms with Crippen molar-refractivity contribution in [2.45, 2.75) is 25.1 Å². The van der Waals surface area contributed by atoms with Crippen LogP contribution in [-0.2, 0) is 4.79 Å². The fourth-order valence-corrected chi connectivity index (χ4v) is 1.32. The molecule has 4 heteroatoms. The monoisotopic (exact) mass is 212 g/mol. The molecule has 0 heterocycles. The van der Waals surface area contributed by atoms with Gasteiger partial charge >= 0.3 is 5.97 Å². The summed E-state index contributed by atoms with van der Waals surface area (Å²) in [5.74, 6) is -1.12. The Hall–Kier alpha value is -1.42. The molecule has 1 rings (SSSR count). The number of alkyl halides is 1. The van der Waals surface area contributed by atoms with E-state index in [-0.39, 0.29) is 6.42 Å². The third kappa shape index (κ3) is 4.08. The Morgan fingerprint density at radius 3 is 2.47 bits per heavy atom. The lowest BCUT2D eigenvalue weighted by atomic mass is 10.0. The van der Waals surface area contributed by atoms with Crippen LogP contribution in [0.1, 0.15) is 24.6 Å². The maximum atomic E-state index is 13.5. The van der Waals surface area contributed by atoms with Gasteiger partial charge in [-0.1, -0.05) is 30.3 Å². The van der Waals surface area contributed by atoms with Gasteiger partial charge in [-0.2, -0.15) is 0 Å². The zero-order valence-corrected chi connectivity index (χ0v) is 8.14. The summed E-state index contributed by atoms with van der Waals surface area (Å²) in [6.45, 7) is 0. The lowest BCUT2D eigenvalue weighted by molar-refractivity contribution is -0.139. The number of halogens is 1. The summed E-state index contributed by atoms with van der Waals surface area (Å²) in [5.41, 5.74) is 0.460. The van der Waals surface area contributed by atoms with Crippen molar-refractivity contribution in [3.8, 4) is 0 Å². The van der Waals surface area contributed by atoms with Crippen molar-refractivity contribution in [3.63, 3.8) is 0 Å². The molecule has 0 aliphatic rings. The number of hydrogen-bond donors (Lipinski definition) is 2. The Kier molecular flexibility index (Phi) is 4.24. The van der Waals surface area contributed by atoms with Crippen LogP contribution in [0, 0.1) is 0 Å². The molecule has 3 nitrogen and oxygen atoms in total. The Bertz CT molecular complexity index is 313. The molecule has 0 aliphatic carbocycles. The molecule has 0 bridgehead atoms. The van der Waals surface area contributed by atoms with Gasteiger partial charge < -0.3 is 10.2 Å². The van der Waals surface area contributed by atoms with Gasteiger partial charge in [0.05, 0.1) is 12.5 Å². The molecular weight excluding hydrogens is 199 g/mol. The number of aliphatic carboxylic acids is 1. The molecule has 82 valence electrons. The number of carboxylic acids is 1. The number of carbonyl (C=O) groups is 1. The first kappa shape index (κ1) is 11.7. The van der Waals surface area contributed by atoms with E-state index in [1.165, 1.54) is 0 Å². The van der Waals surface area contributed by atoms with Crippen molar-refractivity contribution >= 4 is 5.97 Å². The molecule has 0 saturated carbocycles. The minimum Gasteiger partial charge on any atom is -0.481 e.